The highest BCUT2D eigenvalue weighted by Crippen LogP contribution is 2.50. The minimum absolute atomic E-state index is 0.222. The SMILES string of the molecule is Cc1nc(CN2CCC3(CCC3)CC2)c(-c2ccc3c(c2)CCN(c2nccc(-c4cccnc4)n2)C3)c(N2CCC(C)(C)CC2)c1[C@H](OC(C)(C)C)C(=O)O. The standard InChI is InChI=1S/C46H59N7O3/c1-31-38(41(42(54)55)56-44(2,3)4)40(52-25-16-45(5,6)17-26-52)39(37(49-31)30-51-23-18-46(19-24-51)14-8-15-46)33-10-11-35-29-53(22-13-32(35)27-33)43-48-21-12-36(50-43)34-9-7-20-47-28-34/h7,9-12,20-21,27-28,41H,8,13-19,22-26,29-30H2,1-6H3,(H,54,55)/t41-/m0/s1. The monoisotopic (exact) mass is 757 g/mol. The largest absolute Gasteiger partial charge is 0.479 e. The van der Waals surface area contributed by atoms with Crippen molar-refractivity contribution in [2.24, 2.45) is 10.8 Å². The third kappa shape index (κ3) is 8.05. The fourth-order valence-corrected chi connectivity index (χ4v) is 9.37. The Kier molecular flexibility index (Phi) is 10.4. The number of carboxylic acid groups (broad SMARTS) is 1. The molecule has 0 unspecified atom stereocenters. The molecule has 56 heavy (non-hydrogen) atoms. The van der Waals surface area contributed by atoms with Crippen LogP contribution in [0.3, 0.4) is 0 Å². The Hall–Kier alpha value is -4.41. The van der Waals surface area contributed by atoms with Crippen molar-refractivity contribution in [1.82, 2.24) is 24.8 Å². The lowest BCUT2D eigenvalue weighted by atomic mass is 9.63. The molecule has 6 heterocycles. The van der Waals surface area contributed by atoms with E-state index >= 15 is 0 Å². The molecule has 296 valence electrons. The normalized spacial score (nSPS) is 20.0. The van der Waals surface area contributed by atoms with Gasteiger partial charge in [-0.1, -0.05) is 38.5 Å². The molecular formula is C46H59N7O3. The zero-order valence-electron chi connectivity index (χ0n) is 34.3. The zero-order chi connectivity index (χ0) is 39.2. The highest BCUT2D eigenvalue weighted by molar-refractivity contribution is 5.88. The molecule has 1 aliphatic carbocycles. The predicted octanol–water partition coefficient (Wildman–Crippen LogP) is 8.81. The second-order valence-corrected chi connectivity index (χ2v) is 18.6. The average molecular weight is 758 g/mol. The van der Waals surface area contributed by atoms with Gasteiger partial charge in [-0.3, -0.25) is 14.9 Å². The first-order valence-electron chi connectivity index (χ1n) is 20.8. The summed E-state index contributed by atoms with van der Waals surface area (Å²) >= 11 is 0. The fraction of sp³-hybridized carbons (Fsp3) is 0.543. The van der Waals surface area contributed by atoms with Gasteiger partial charge in [-0.2, -0.15) is 0 Å². The Morgan fingerprint density at radius 1 is 0.893 bits per heavy atom. The first-order valence-corrected chi connectivity index (χ1v) is 20.8. The Morgan fingerprint density at radius 3 is 2.32 bits per heavy atom. The molecule has 1 aromatic carbocycles. The number of rotatable bonds is 9. The summed E-state index contributed by atoms with van der Waals surface area (Å²) in [5, 5.41) is 10.9. The first kappa shape index (κ1) is 38.5. The molecule has 4 aliphatic rings. The third-order valence-corrected chi connectivity index (χ3v) is 13.0. The molecule has 1 atom stereocenters. The summed E-state index contributed by atoms with van der Waals surface area (Å²) in [6.07, 6.45) is 13.8. The molecule has 10 heteroatoms. The number of hydrogen-bond donors (Lipinski definition) is 1. The summed E-state index contributed by atoms with van der Waals surface area (Å²) in [6, 6.07) is 12.7. The van der Waals surface area contributed by atoms with Gasteiger partial charge in [0.25, 0.3) is 0 Å². The van der Waals surface area contributed by atoms with Crippen LogP contribution in [0.15, 0.2) is 55.0 Å². The van der Waals surface area contributed by atoms with Gasteiger partial charge in [0, 0.05) is 73.7 Å². The highest BCUT2D eigenvalue weighted by Gasteiger charge is 2.41. The first-order chi connectivity index (χ1) is 26.8. The number of nitrogens with zero attached hydrogens (tertiary/aromatic N) is 7. The van der Waals surface area contributed by atoms with Gasteiger partial charge in [0.15, 0.2) is 6.10 Å². The number of piperidine rings is 2. The molecule has 8 rings (SSSR count). The number of benzene rings is 1. The maximum absolute atomic E-state index is 13.3. The van der Waals surface area contributed by atoms with Crippen LogP contribution in [0.2, 0.25) is 0 Å². The molecule has 3 fully saturated rings. The number of pyridine rings is 2. The van der Waals surface area contributed by atoms with Gasteiger partial charge in [0.2, 0.25) is 5.95 Å². The summed E-state index contributed by atoms with van der Waals surface area (Å²) in [7, 11) is 0. The van der Waals surface area contributed by atoms with Crippen molar-refractivity contribution in [3.05, 3.63) is 83.1 Å². The summed E-state index contributed by atoms with van der Waals surface area (Å²) in [6.45, 7) is 18.6. The maximum Gasteiger partial charge on any atom is 0.337 e. The molecule has 0 radical (unpaired) electrons. The van der Waals surface area contributed by atoms with E-state index in [9.17, 15) is 9.90 Å². The molecule has 1 saturated carbocycles. The lowest BCUT2D eigenvalue weighted by Gasteiger charge is -2.48. The predicted molar refractivity (Wildman–Crippen MR) is 222 cm³/mol. The molecule has 1 spiro atoms. The molecule has 1 N–H and O–H groups in total. The van der Waals surface area contributed by atoms with Crippen LogP contribution in [-0.2, 0) is 29.0 Å². The van der Waals surface area contributed by atoms with Gasteiger partial charge in [0.05, 0.1) is 22.7 Å². The van der Waals surface area contributed by atoms with Crippen molar-refractivity contribution in [2.75, 3.05) is 42.5 Å². The average Bonchev–Trinajstić information content (AvgIpc) is 3.16. The molecule has 4 aromatic rings. The van der Waals surface area contributed by atoms with E-state index in [1.807, 2.05) is 58.3 Å². The number of anilines is 2. The van der Waals surface area contributed by atoms with Crippen LogP contribution in [-0.4, -0.2) is 74.2 Å². The molecule has 3 aliphatic heterocycles. The van der Waals surface area contributed by atoms with Crippen molar-refractivity contribution < 1.29 is 14.6 Å². The van der Waals surface area contributed by atoms with Crippen LogP contribution < -0.4 is 9.80 Å². The summed E-state index contributed by atoms with van der Waals surface area (Å²) in [4.78, 5) is 39.8. The topological polar surface area (TPSA) is 108 Å². The van der Waals surface area contributed by atoms with Crippen LogP contribution in [0.25, 0.3) is 22.4 Å². The van der Waals surface area contributed by atoms with Crippen LogP contribution >= 0.6 is 0 Å². The number of ether oxygens (including phenoxy) is 1. The van der Waals surface area contributed by atoms with Gasteiger partial charge in [-0.15, -0.1) is 0 Å². The van der Waals surface area contributed by atoms with Crippen LogP contribution in [0, 0.1) is 17.8 Å². The Labute approximate surface area is 332 Å². The van der Waals surface area contributed by atoms with Gasteiger partial charge in [-0.25, -0.2) is 14.8 Å². The summed E-state index contributed by atoms with van der Waals surface area (Å²) in [5.41, 5.74) is 10.1. The molecule has 3 aromatic heterocycles. The van der Waals surface area contributed by atoms with Gasteiger partial charge in [0.1, 0.15) is 0 Å². The number of carboxylic acids is 1. The van der Waals surface area contributed by atoms with Gasteiger partial charge in [-0.05, 0) is 131 Å². The highest BCUT2D eigenvalue weighted by atomic mass is 16.5. The number of likely N-dealkylation sites (tertiary alicyclic amines) is 1. The van der Waals surface area contributed by atoms with Crippen LogP contribution in [0.4, 0.5) is 11.6 Å². The lowest BCUT2D eigenvalue weighted by Crippen LogP contribution is -2.43. The second kappa shape index (κ2) is 15.2. The van der Waals surface area contributed by atoms with Crippen LogP contribution in [0.1, 0.15) is 114 Å². The fourth-order valence-electron chi connectivity index (χ4n) is 9.37. The van der Waals surface area contributed by atoms with E-state index in [2.05, 4.69) is 56.7 Å². The Morgan fingerprint density at radius 2 is 1.66 bits per heavy atom. The zero-order valence-corrected chi connectivity index (χ0v) is 34.3. The van der Waals surface area contributed by atoms with E-state index in [0.717, 1.165) is 104 Å². The van der Waals surface area contributed by atoms with E-state index in [0.29, 0.717) is 17.5 Å². The van der Waals surface area contributed by atoms with Gasteiger partial charge < -0.3 is 19.6 Å². The molecule has 10 nitrogen and oxygen atoms in total. The number of hydrogen-bond acceptors (Lipinski definition) is 9. The number of aliphatic carboxylic acids is 1. The molecular weight excluding hydrogens is 699 g/mol. The Bertz CT molecular complexity index is 2050. The van der Waals surface area contributed by atoms with Crippen molar-refractivity contribution in [3.63, 3.8) is 0 Å². The third-order valence-electron chi connectivity index (χ3n) is 13.0. The van der Waals surface area contributed by atoms with E-state index < -0.39 is 17.7 Å². The van der Waals surface area contributed by atoms with E-state index in [1.54, 1.807) is 6.20 Å². The minimum atomic E-state index is -1.15. The maximum atomic E-state index is 13.3. The van der Waals surface area contributed by atoms with Crippen molar-refractivity contribution in [1.29, 1.82) is 0 Å². The molecule has 0 bridgehead atoms. The van der Waals surface area contributed by atoms with E-state index in [1.165, 1.54) is 43.2 Å². The Balaban J connectivity index is 1.21. The van der Waals surface area contributed by atoms with Gasteiger partial charge >= 0.3 is 5.97 Å². The summed E-state index contributed by atoms with van der Waals surface area (Å²) in [5.74, 6) is -0.265. The molecule has 2 saturated heterocycles. The number of fused-ring (bicyclic) bond motifs is 1. The number of aromatic nitrogens is 4. The van der Waals surface area contributed by atoms with E-state index in [4.69, 9.17) is 14.7 Å². The second-order valence-electron chi connectivity index (χ2n) is 18.6. The number of aryl methyl sites for hydroxylation is 1. The smallest absolute Gasteiger partial charge is 0.337 e. The van der Waals surface area contributed by atoms with E-state index in [-0.39, 0.29) is 5.41 Å². The van der Waals surface area contributed by atoms with Crippen LogP contribution in [0.5, 0.6) is 0 Å². The molecule has 0 amide bonds. The lowest BCUT2D eigenvalue weighted by molar-refractivity contribution is -0.160. The number of carbonyl (C=O) groups is 1. The minimum Gasteiger partial charge on any atom is -0.479 e. The quantitative estimate of drug-likeness (QED) is 0.178. The summed E-state index contributed by atoms with van der Waals surface area (Å²) < 4.78 is 6.44. The van der Waals surface area contributed by atoms with Crippen molar-refractivity contribution in [2.45, 2.75) is 118 Å². The van der Waals surface area contributed by atoms with Crippen molar-refractivity contribution in [3.8, 4) is 22.4 Å². The van der Waals surface area contributed by atoms with Crippen molar-refractivity contribution >= 4 is 17.6 Å².